The molecular formula is C15H21N3. The van der Waals surface area contributed by atoms with Gasteiger partial charge in [-0.05, 0) is 24.5 Å². The zero-order chi connectivity index (χ0) is 13.0. The maximum atomic E-state index is 6.01. The van der Waals surface area contributed by atoms with Crippen LogP contribution in [-0.2, 0) is 13.0 Å². The third-order valence-corrected chi connectivity index (χ3v) is 3.16. The molecule has 0 amide bonds. The molecule has 1 unspecified atom stereocenters. The van der Waals surface area contributed by atoms with Gasteiger partial charge in [0, 0.05) is 31.4 Å². The van der Waals surface area contributed by atoms with E-state index in [4.69, 9.17) is 5.73 Å². The zero-order valence-corrected chi connectivity index (χ0v) is 11.1. The van der Waals surface area contributed by atoms with Crippen molar-refractivity contribution >= 4 is 0 Å². The van der Waals surface area contributed by atoms with Crippen LogP contribution in [0, 0.1) is 0 Å². The lowest BCUT2D eigenvalue weighted by Crippen LogP contribution is -2.10. The predicted octanol–water partition coefficient (Wildman–Crippen LogP) is 2.90. The van der Waals surface area contributed by atoms with Gasteiger partial charge in [0.05, 0.1) is 0 Å². The molecule has 0 aliphatic heterocycles. The third-order valence-electron chi connectivity index (χ3n) is 3.16. The van der Waals surface area contributed by atoms with E-state index in [1.54, 1.807) is 0 Å². The largest absolute Gasteiger partial charge is 0.335 e. The summed E-state index contributed by atoms with van der Waals surface area (Å²) in [4.78, 5) is 4.45. The van der Waals surface area contributed by atoms with E-state index in [1.165, 1.54) is 11.1 Å². The summed E-state index contributed by atoms with van der Waals surface area (Å²) in [6, 6.07) is 8.42. The van der Waals surface area contributed by atoms with Gasteiger partial charge < -0.3 is 10.3 Å². The van der Waals surface area contributed by atoms with Crippen molar-refractivity contribution in [3.8, 4) is 0 Å². The minimum atomic E-state index is 0.0655. The quantitative estimate of drug-likeness (QED) is 0.877. The molecule has 1 atom stereocenters. The van der Waals surface area contributed by atoms with E-state index in [0.29, 0.717) is 0 Å². The number of nitrogens with zero attached hydrogens (tertiary/aromatic N) is 2. The van der Waals surface area contributed by atoms with Crippen molar-refractivity contribution in [3.63, 3.8) is 0 Å². The normalized spacial score (nSPS) is 12.6. The molecule has 0 radical (unpaired) electrons. The maximum absolute atomic E-state index is 6.01. The van der Waals surface area contributed by atoms with Gasteiger partial charge in [-0.3, -0.25) is 0 Å². The molecule has 0 saturated heterocycles. The second kappa shape index (κ2) is 5.83. The van der Waals surface area contributed by atoms with Crippen LogP contribution >= 0.6 is 0 Å². The summed E-state index contributed by atoms with van der Waals surface area (Å²) in [5, 5.41) is 0. The van der Waals surface area contributed by atoms with Crippen LogP contribution in [0.2, 0.25) is 0 Å². The summed E-state index contributed by atoms with van der Waals surface area (Å²) in [6.07, 6.45) is 5.90. The van der Waals surface area contributed by atoms with Crippen molar-refractivity contribution in [1.29, 1.82) is 0 Å². The number of nitrogens with two attached hydrogens (primary N) is 1. The first kappa shape index (κ1) is 12.8. The van der Waals surface area contributed by atoms with Gasteiger partial charge in [-0.15, -0.1) is 0 Å². The number of aryl methyl sites for hydroxylation is 1. The van der Waals surface area contributed by atoms with E-state index in [2.05, 4.69) is 34.7 Å². The summed E-state index contributed by atoms with van der Waals surface area (Å²) < 4.78 is 2.22. The Morgan fingerprint density at radius 1 is 1.33 bits per heavy atom. The number of benzene rings is 1. The van der Waals surface area contributed by atoms with Gasteiger partial charge in [0.1, 0.15) is 5.82 Å². The molecule has 2 rings (SSSR count). The predicted molar refractivity (Wildman–Crippen MR) is 74.4 cm³/mol. The van der Waals surface area contributed by atoms with E-state index < -0.39 is 0 Å². The molecule has 0 aliphatic carbocycles. The second-order valence-electron chi connectivity index (χ2n) is 4.70. The fraction of sp³-hybridized carbons (Fsp3) is 0.400. The molecule has 0 saturated carbocycles. The smallest absolute Gasteiger partial charge is 0.113 e. The first-order valence-electron chi connectivity index (χ1n) is 6.55. The van der Waals surface area contributed by atoms with E-state index >= 15 is 0 Å². The number of hydrogen-bond donors (Lipinski definition) is 1. The highest BCUT2D eigenvalue weighted by molar-refractivity contribution is 5.31. The Labute approximate surface area is 109 Å². The molecule has 1 aromatic carbocycles. The first-order valence-corrected chi connectivity index (χ1v) is 6.55. The van der Waals surface area contributed by atoms with Gasteiger partial charge in [0.25, 0.3) is 0 Å². The number of imidazole rings is 1. The lowest BCUT2D eigenvalue weighted by atomic mass is 9.99. The van der Waals surface area contributed by atoms with E-state index in [0.717, 1.165) is 25.2 Å². The Hall–Kier alpha value is -1.61. The summed E-state index contributed by atoms with van der Waals surface area (Å²) in [6.45, 7) is 5.23. The summed E-state index contributed by atoms with van der Waals surface area (Å²) in [7, 11) is 0. The third kappa shape index (κ3) is 2.79. The van der Waals surface area contributed by atoms with Gasteiger partial charge in [-0.1, -0.05) is 31.2 Å². The minimum Gasteiger partial charge on any atom is -0.335 e. The SMILES string of the molecule is CCCn1ccnc1Cc1ccccc1C(C)N. The summed E-state index contributed by atoms with van der Waals surface area (Å²) in [5.74, 6) is 1.12. The van der Waals surface area contributed by atoms with Gasteiger partial charge >= 0.3 is 0 Å². The Bertz CT molecular complexity index is 500. The lowest BCUT2D eigenvalue weighted by Gasteiger charge is -2.13. The maximum Gasteiger partial charge on any atom is 0.113 e. The fourth-order valence-corrected chi connectivity index (χ4v) is 2.26. The Morgan fingerprint density at radius 2 is 2.11 bits per heavy atom. The Kier molecular flexibility index (Phi) is 4.15. The molecule has 2 N–H and O–H groups in total. The average Bonchev–Trinajstić information content (AvgIpc) is 2.78. The van der Waals surface area contributed by atoms with Gasteiger partial charge in [0.2, 0.25) is 0 Å². The molecule has 96 valence electrons. The van der Waals surface area contributed by atoms with E-state index in [1.807, 2.05) is 25.4 Å². The molecular weight excluding hydrogens is 222 g/mol. The highest BCUT2D eigenvalue weighted by Crippen LogP contribution is 2.18. The molecule has 3 nitrogen and oxygen atoms in total. The Balaban J connectivity index is 2.25. The van der Waals surface area contributed by atoms with E-state index in [9.17, 15) is 0 Å². The van der Waals surface area contributed by atoms with Crippen LogP contribution in [0.25, 0.3) is 0 Å². The zero-order valence-electron chi connectivity index (χ0n) is 11.1. The fourth-order valence-electron chi connectivity index (χ4n) is 2.26. The van der Waals surface area contributed by atoms with Crippen molar-refractivity contribution in [2.45, 2.75) is 39.3 Å². The van der Waals surface area contributed by atoms with E-state index in [-0.39, 0.29) is 6.04 Å². The monoisotopic (exact) mass is 243 g/mol. The lowest BCUT2D eigenvalue weighted by molar-refractivity contribution is 0.645. The number of hydrogen-bond acceptors (Lipinski definition) is 2. The number of aromatic nitrogens is 2. The van der Waals surface area contributed by atoms with Crippen molar-refractivity contribution in [2.75, 3.05) is 0 Å². The molecule has 0 spiro atoms. The summed E-state index contributed by atoms with van der Waals surface area (Å²) >= 11 is 0. The molecule has 18 heavy (non-hydrogen) atoms. The van der Waals surface area contributed by atoms with Crippen molar-refractivity contribution in [3.05, 3.63) is 53.6 Å². The van der Waals surface area contributed by atoms with Crippen LogP contribution < -0.4 is 5.73 Å². The summed E-state index contributed by atoms with van der Waals surface area (Å²) in [5.41, 5.74) is 8.50. The topological polar surface area (TPSA) is 43.8 Å². The van der Waals surface area contributed by atoms with Gasteiger partial charge in [0.15, 0.2) is 0 Å². The van der Waals surface area contributed by atoms with Crippen LogP contribution in [-0.4, -0.2) is 9.55 Å². The molecule has 0 bridgehead atoms. The van der Waals surface area contributed by atoms with Crippen molar-refractivity contribution < 1.29 is 0 Å². The highest BCUT2D eigenvalue weighted by atomic mass is 15.1. The Morgan fingerprint density at radius 3 is 2.83 bits per heavy atom. The van der Waals surface area contributed by atoms with Gasteiger partial charge in [-0.25, -0.2) is 4.98 Å². The average molecular weight is 243 g/mol. The molecule has 3 heteroatoms. The minimum absolute atomic E-state index is 0.0655. The van der Waals surface area contributed by atoms with Crippen LogP contribution in [0.1, 0.15) is 43.3 Å². The molecule has 1 heterocycles. The van der Waals surface area contributed by atoms with Crippen LogP contribution in [0.3, 0.4) is 0 Å². The van der Waals surface area contributed by atoms with Crippen LogP contribution in [0.15, 0.2) is 36.7 Å². The first-order chi connectivity index (χ1) is 8.72. The molecule has 0 aliphatic rings. The van der Waals surface area contributed by atoms with Crippen molar-refractivity contribution in [2.24, 2.45) is 5.73 Å². The van der Waals surface area contributed by atoms with Gasteiger partial charge in [-0.2, -0.15) is 0 Å². The van der Waals surface area contributed by atoms with Crippen LogP contribution in [0.5, 0.6) is 0 Å². The molecule has 0 fully saturated rings. The van der Waals surface area contributed by atoms with Crippen molar-refractivity contribution in [1.82, 2.24) is 9.55 Å². The second-order valence-corrected chi connectivity index (χ2v) is 4.70. The molecule has 2 aromatic rings. The standard InChI is InChI=1S/C15H21N3/c1-3-9-18-10-8-17-15(18)11-13-6-4-5-7-14(13)12(2)16/h4-8,10,12H,3,9,11,16H2,1-2H3. The number of rotatable bonds is 5. The van der Waals surface area contributed by atoms with Crippen LogP contribution in [0.4, 0.5) is 0 Å². The molecule has 1 aromatic heterocycles. The highest BCUT2D eigenvalue weighted by Gasteiger charge is 2.09.